The normalized spacial score (nSPS) is 11.0. The lowest BCUT2D eigenvalue weighted by atomic mass is 10.2. The Hall–Kier alpha value is -2.48. The number of carbonyl (C=O) groups excluding carboxylic acids is 1. The minimum Gasteiger partial charge on any atom is -0.352 e. The van der Waals surface area contributed by atoms with Crippen molar-refractivity contribution in [2.45, 2.75) is 19.9 Å². The van der Waals surface area contributed by atoms with Crippen LogP contribution < -0.4 is 5.32 Å². The number of benzene rings is 1. The molecule has 1 N–H and O–H groups in total. The molecule has 0 saturated heterocycles. The number of thiazole rings is 1. The van der Waals surface area contributed by atoms with Crippen LogP contribution in [0.3, 0.4) is 0 Å². The third-order valence-corrected chi connectivity index (χ3v) is 6.69. The molecule has 3 aromatic heterocycles. The van der Waals surface area contributed by atoms with E-state index in [4.69, 9.17) is 11.6 Å². The zero-order valence-electron chi connectivity index (χ0n) is 15.8. The van der Waals surface area contributed by atoms with E-state index in [0.29, 0.717) is 23.7 Å². The average Bonchev–Trinajstić information content (AvgIpc) is 3.44. The fourth-order valence-electron chi connectivity index (χ4n) is 2.90. The van der Waals surface area contributed by atoms with Gasteiger partial charge in [0, 0.05) is 28.0 Å². The first kappa shape index (κ1) is 19.8. The molecule has 1 amide bonds. The fraction of sp³-hybridized carbons (Fsp3) is 0.190. The number of hydrogen-bond donors (Lipinski definition) is 1. The summed E-state index contributed by atoms with van der Waals surface area (Å²) in [5.41, 5.74) is 2.54. The van der Waals surface area contributed by atoms with Crippen LogP contribution in [-0.4, -0.2) is 27.2 Å². The van der Waals surface area contributed by atoms with Crippen molar-refractivity contribution in [2.75, 3.05) is 6.54 Å². The largest absolute Gasteiger partial charge is 0.352 e. The first-order valence-electron chi connectivity index (χ1n) is 9.14. The summed E-state index contributed by atoms with van der Waals surface area (Å²) in [7, 11) is 0. The number of carbonyl (C=O) groups is 1. The van der Waals surface area contributed by atoms with Gasteiger partial charge in [-0.15, -0.1) is 22.7 Å². The van der Waals surface area contributed by atoms with Crippen LogP contribution in [0.15, 0.2) is 54.2 Å². The van der Waals surface area contributed by atoms with E-state index in [2.05, 4.69) is 32.9 Å². The second-order valence-electron chi connectivity index (χ2n) is 6.54. The number of halogens is 1. The van der Waals surface area contributed by atoms with Crippen LogP contribution in [0, 0.1) is 6.92 Å². The van der Waals surface area contributed by atoms with Crippen LogP contribution >= 0.6 is 34.3 Å². The molecule has 8 heteroatoms. The lowest BCUT2D eigenvalue weighted by Crippen LogP contribution is -2.25. The van der Waals surface area contributed by atoms with Crippen molar-refractivity contribution in [3.8, 4) is 10.6 Å². The van der Waals surface area contributed by atoms with E-state index in [0.717, 1.165) is 27.6 Å². The first-order valence-corrected chi connectivity index (χ1v) is 11.2. The first-order chi connectivity index (χ1) is 14.1. The maximum atomic E-state index is 12.4. The lowest BCUT2D eigenvalue weighted by Gasteiger charge is -2.04. The molecule has 0 spiro atoms. The van der Waals surface area contributed by atoms with Crippen molar-refractivity contribution in [3.63, 3.8) is 0 Å². The molecule has 0 radical (unpaired) electrons. The number of aryl methyl sites for hydroxylation is 1. The smallest absolute Gasteiger partial charge is 0.254 e. The lowest BCUT2D eigenvalue weighted by molar-refractivity contribution is 0.0954. The predicted octanol–water partition coefficient (Wildman–Crippen LogP) is 5.05. The van der Waals surface area contributed by atoms with Crippen LogP contribution in [0.5, 0.6) is 0 Å². The standard InChI is InChI=1S/C21H19ClN4OS2/c1-14-25-19(13-28-14)20-7-6-17(29-20)8-9-23-21(27)16-10-24-26(12-16)11-15-4-2-3-5-18(15)22/h2-7,10,12-13H,8-9,11H2,1H3,(H,23,27). The maximum absolute atomic E-state index is 12.4. The molecule has 5 nitrogen and oxygen atoms in total. The predicted molar refractivity (Wildman–Crippen MR) is 119 cm³/mol. The monoisotopic (exact) mass is 442 g/mol. The zero-order chi connectivity index (χ0) is 20.2. The van der Waals surface area contributed by atoms with Gasteiger partial charge in [-0.3, -0.25) is 9.48 Å². The van der Waals surface area contributed by atoms with Crippen LogP contribution in [0.1, 0.15) is 25.8 Å². The molecule has 3 heterocycles. The van der Waals surface area contributed by atoms with Gasteiger partial charge >= 0.3 is 0 Å². The van der Waals surface area contributed by atoms with E-state index in [1.165, 1.54) is 4.88 Å². The highest BCUT2D eigenvalue weighted by Gasteiger charge is 2.10. The zero-order valence-corrected chi connectivity index (χ0v) is 18.2. The molecule has 0 aliphatic carbocycles. The van der Waals surface area contributed by atoms with Crippen molar-refractivity contribution < 1.29 is 4.79 Å². The van der Waals surface area contributed by atoms with Gasteiger partial charge in [-0.05, 0) is 37.1 Å². The van der Waals surface area contributed by atoms with Gasteiger partial charge in [0.25, 0.3) is 5.91 Å². The van der Waals surface area contributed by atoms with Gasteiger partial charge < -0.3 is 5.32 Å². The van der Waals surface area contributed by atoms with Gasteiger partial charge in [-0.25, -0.2) is 4.98 Å². The molecule has 0 bridgehead atoms. The van der Waals surface area contributed by atoms with Crippen molar-refractivity contribution in [3.05, 3.63) is 80.2 Å². The Balaban J connectivity index is 1.30. The summed E-state index contributed by atoms with van der Waals surface area (Å²) < 4.78 is 1.72. The van der Waals surface area contributed by atoms with E-state index in [-0.39, 0.29) is 5.91 Å². The third-order valence-electron chi connectivity index (χ3n) is 4.38. The summed E-state index contributed by atoms with van der Waals surface area (Å²) in [5.74, 6) is -0.123. The Morgan fingerprint density at radius 3 is 2.90 bits per heavy atom. The van der Waals surface area contributed by atoms with E-state index < -0.39 is 0 Å². The molecule has 0 unspecified atom stereocenters. The molecule has 4 rings (SSSR count). The Morgan fingerprint density at radius 1 is 1.24 bits per heavy atom. The molecule has 0 saturated carbocycles. The molecule has 1 aromatic carbocycles. The average molecular weight is 443 g/mol. The topological polar surface area (TPSA) is 59.8 Å². The minimum atomic E-state index is -0.123. The third kappa shape index (κ3) is 4.93. The van der Waals surface area contributed by atoms with Crippen molar-refractivity contribution in [1.82, 2.24) is 20.1 Å². The second kappa shape index (κ2) is 8.90. The van der Waals surface area contributed by atoms with E-state index in [9.17, 15) is 4.79 Å². The summed E-state index contributed by atoms with van der Waals surface area (Å²) in [6.45, 7) is 3.11. The van der Waals surface area contributed by atoms with Gasteiger partial charge in [0.1, 0.15) is 0 Å². The van der Waals surface area contributed by atoms with Gasteiger partial charge in [-0.1, -0.05) is 29.8 Å². The number of thiophene rings is 1. The molecule has 0 aliphatic heterocycles. The number of aromatic nitrogens is 3. The summed E-state index contributed by atoms with van der Waals surface area (Å²) in [5, 5.41) is 11.1. The van der Waals surface area contributed by atoms with Crippen LogP contribution in [-0.2, 0) is 13.0 Å². The van der Waals surface area contributed by atoms with Crippen LogP contribution in [0.4, 0.5) is 0 Å². The Kier molecular flexibility index (Phi) is 6.08. The number of nitrogens with one attached hydrogen (secondary N) is 1. The number of hydrogen-bond acceptors (Lipinski definition) is 5. The highest BCUT2D eigenvalue weighted by atomic mass is 35.5. The number of nitrogens with zero attached hydrogens (tertiary/aromatic N) is 3. The number of rotatable bonds is 7. The molecule has 0 fully saturated rings. The molecule has 148 valence electrons. The van der Waals surface area contributed by atoms with E-state index >= 15 is 0 Å². The summed E-state index contributed by atoms with van der Waals surface area (Å²) >= 11 is 9.56. The SMILES string of the molecule is Cc1nc(-c2ccc(CCNC(=O)c3cnn(Cc4ccccc4Cl)c3)s2)cs1. The van der Waals surface area contributed by atoms with Gasteiger partial charge in [0.2, 0.25) is 0 Å². The maximum Gasteiger partial charge on any atom is 0.254 e. The second-order valence-corrected chi connectivity index (χ2v) is 9.18. The minimum absolute atomic E-state index is 0.123. The number of amides is 1. The van der Waals surface area contributed by atoms with Gasteiger partial charge in [0.05, 0.1) is 33.9 Å². The highest BCUT2D eigenvalue weighted by Crippen LogP contribution is 2.29. The van der Waals surface area contributed by atoms with Crippen molar-refractivity contribution >= 4 is 40.2 Å². The van der Waals surface area contributed by atoms with Crippen molar-refractivity contribution in [2.24, 2.45) is 0 Å². The van der Waals surface area contributed by atoms with Gasteiger partial charge in [-0.2, -0.15) is 5.10 Å². The van der Waals surface area contributed by atoms with Gasteiger partial charge in [0.15, 0.2) is 0 Å². The summed E-state index contributed by atoms with van der Waals surface area (Å²) in [4.78, 5) is 19.3. The van der Waals surface area contributed by atoms with E-state index in [1.54, 1.807) is 39.7 Å². The summed E-state index contributed by atoms with van der Waals surface area (Å²) in [6.07, 6.45) is 4.11. The van der Waals surface area contributed by atoms with Crippen molar-refractivity contribution in [1.29, 1.82) is 0 Å². The molecule has 29 heavy (non-hydrogen) atoms. The van der Waals surface area contributed by atoms with Crippen LogP contribution in [0.25, 0.3) is 10.6 Å². The fourth-order valence-corrected chi connectivity index (χ4v) is 4.75. The molecule has 0 aliphatic rings. The molecule has 4 aromatic rings. The Bertz CT molecular complexity index is 1130. The Morgan fingerprint density at radius 2 is 2.10 bits per heavy atom. The Labute approximate surface area is 182 Å². The van der Waals surface area contributed by atoms with Crippen LogP contribution in [0.2, 0.25) is 5.02 Å². The highest BCUT2D eigenvalue weighted by molar-refractivity contribution is 7.16. The molecular formula is C21H19ClN4OS2. The quantitative estimate of drug-likeness (QED) is 0.435. The summed E-state index contributed by atoms with van der Waals surface area (Å²) in [6, 6.07) is 11.8. The van der Waals surface area contributed by atoms with E-state index in [1.807, 2.05) is 31.2 Å². The molecular weight excluding hydrogens is 424 g/mol. The molecule has 0 atom stereocenters.